The van der Waals surface area contributed by atoms with Gasteiger partial charge in [-0.3, -0.25) is 4.79 Å². The fraction of sp³-hybridized carbons (Fsp3) is 0.938. The number of carbonyl (C=O) groups is 1. The molecule has 1 saturated carbocycles. The molecule has 5 heteroatoms. The number of likely N-dealkylation sites (tertiary alicyclic amines) is 1. The van der Waals surface area contributed by atoms with Gasteiger partial charge in [-0.1, -0.05) is 0 Å². The van der Waals surface area contributed by atoms with E-state index in [1.54, 1.807) is 7.11 Å². The van der Waals surface area contributed by atoms with Crippen LogP contribution in [0.2, 0.25) is 0 Å². The lowest BCUT2D eigenvalue weighted by atomic mass is 9.89. The number of nitrogens with one attached hydrogen (secondary N) is 1. The number of hydrogen-bond donors (Lipinski definition) is 2. The fourth-order valence-electron chi connectivity index (χ4n) is 3.50. The molecule has 2 fully saturated rings. The van der Waals surface area contributed by atoms with Gasteiger partial charge in [-0.25, -0.2) is 0 Å². The van der Waals surface area contributed by atoms with E-state index >= 15 is 0 Å². The summed E-state index contributed by atoms with van der Waals surface area (Å²) >= 11 is 0. The van der Waals surface area contributed by atoms with Gasteiger partial charge in [0.2, 0.25) is 5.91 Å². The summed E-state index contributed by atoms with van der Waals surface area (Å²) in [6.07, 6.45) is 5.55. The van der Waals surface area contributed by atoms with Crippen molar-refractivity contribution in [2.75, 3.05) is 26.8 Å². The number of nitrogens with two attached hydrogens (primary N) is 1. The molecular weight excluding hydrogens is 266 g/mol. The quantitative estimate of drug-likeness (QED) is 0.704. The second-order valence-corrected chi connectivity index (χ2v) is 7.13. The van der Waals surface area contributed by atoms with Crippen molar-refractivity contribution < 1.29 is 9.53 Å². The summed E-state index contributed by atoms with van der Waals surface area (Å²) < 4.78 is 5.30. The van der Waals surface area contributed by atoms with Crippen LogP contribution in [-0.2, 0) is 9.53 Å². The molecular formula is C16H31N3O2. The van der Waals surface area contributed by atoms with E-state index in [9.17, 15) is 4.79 Å². The van der Waals surface area contributed by atoms with Gasteiger partial charge in [-0.2, -0.15) is 0 Å². The van der Waals surface area contributed by atoms with Crippen LogP contribution in [0, 0.1) is 5.92 Å². The van der Waals surface area contributed by atoms with Crippen molar-refractivity contribution in [3.8, 4) is 0 Å². The maximum absolute atomic E-state index is 11.9. The monoisotopic (exact) mass is 297 g/mol. The van der Waals surface area contributed by atoms with Gasteiger partial charge in [0.25, 0.3) is 0 Å². The van der Waals surface area contributed by atoms with E-state index in [2.05, 4.69) is 17.1 Å². The van der Waals surface area contributed by atoms with Gasteiger partial charge < -0.3 is 20.7 Å². The van der Waals surface area contributed by atoms with Gasteiger partial charge in [0, 0.05) is 25.7 Å². The fourth-order valence-corrected chi connectivity index (χ4v) is 3.50. The van der Waals surface area contributed by atoms with Gasteiger partial charge in [-0.05, 0) is 58.4 Å². The third kappa shape index (κ3) is 4.66. The number of amides is 1. The van der Waals surface area contributed by atoms with Crippen LogP contribution in [0.3, 0.4) is 0 Å². The standard InChI is InChI=1S/C16H31N3O2/c1-12(19-8-4-5-13(10-19)11-21-3)9-16(2,15(17)20)18-14-6-7-14/h12-14,18H,4-11H2,1-3H3,(H2,17,20). The predicted molar refractivity (Wildman–Crippen MR) is 84.0 cm³/mol. The Morgan fingerprint density at radius 3 is 2.76 bits per heavy atom. The van der Waals surface area contributed by atoms with E-state index in [1.807, 2.05) is 6.92 Å². The normalized spacial score (nSPS) is 28.0. The third-order valence-electron chi connectivity index (χ3n) is 4.92. The van der Waals surface area contributed by atoms with E-state index in [-0.39, 0.29) is 5.91 Å². The Balaban J connectivity index is 1.91. The van der Waals surface area contributed by atoms with E-state index in [1.165, 1.54) is 12.8 Å². The molecule has 3 N–H and O–H groups in total. The number of nitrogens with zero attached hydrogens (tertiary/aromatic N) is 1. The molecule has 2 aliphatic rings. The first-order chi connectivity index (χ1) is 9.94. The molecule has 3 atom stereocenters. The number of hydrogen-bond acceptors (Lipinski definition) is 4. The molecule has 2 rings (SSSR count). The Bertz CT molecular complexity index is 357. The zero-order chi connectivity index (χ0) is 15.5. The van der Waals surface area contributed by atoms with Gasteiger partial charge in [-0.15, -0.1) is 0 Å². The molecule has 0 radical (unpaired) electrons. The highest BCUT2D eigenvalue weighted by Gasteiger charge is 2.39. The van der Waals surface area contributed by atoms with Crippen molar-refractivity contribution >= 4 is 5.91 Å². The lowest BCUT2D eigenvalue weighted by molar-refractivity contribution is -0.124. The van der Waals surface area contributed by atoms with Crippen molar-refractivity contribution in [3.63, 3.8) is 0 Å². The molecule has 122 valence electrons. The van der Waals surface area contributed by atoms with E-state index < -0.39 is 5.54 Å². The van der Waals surface area contributed by atoms with Crippen LogP contribution in [-0.4, -0.2) is 55.2 Å². The Morgan fingerprint density at radius 2 is 2.19 bits per heavy atom. The van der Waals surface area contributed by atoms with Crippen molar-refractivity contribution in [2.24, 2.45) is 11.7 Å². The first kappa shape index (κ1) is 16.7. The average Bonchev–Trinajstić information content (AvgIpc) is 3.23. The number of ether oxygens (including phenoxy) is 1. The number of methoxy groups -OCH3 is 1. The smallest absolute Gasteiger partial charge is 0.237 e. The minimum atomic E-state index is -0.589. The van der Waals surface area contributed by atoms with Crippen molar-refractivity contribution in [3.05, 3.63) is 0 Å². The molecule has 1 aliphatic heterocycles. The van der Waals surface area contributed by atoms with Gasteiger partial charge in [0.15, 0.2) is 0 Å². The highest BCUT2D eigenvalue weighted by molar-refractivity contribution is 5.84. The molecule has 0 spiro atoms. The van der Waals surface area contributed by atoms with Gasteiger partial charge >= 0.3 is 0 Å². The molecule has 3 unspecified atom stereocenters. The SMILES string of the molecule is COCC1CCCN(C(C)CC(C)(NC2CC2)C(N)=O)C1. The van der Waals surface area contributed by atoms with Crippen LogP contribution < -0.4 is 11.1 Å². The topological polar surface area (TPSA) is 67.6 Å². The number of piperidine rings is 1. The summed E-state index contributed by atoms with van der Waals surface area (Å²) in [4.78, 5) is 14.4. The average molecular weight is 297 g/mol. The minimum Gasteiger partial charge on any atom is -0.384 e. The Morgan fingerprint density at radius 1 is 1.48 bits per heavy atom. The molecule has 1 aliphatic carbocycles. The molecule has 0 aromatic heterocycles. The molecule has 1 heterocycles. The van der Waals surface area contributed by atoms with Crippen LogP contribution in [0.25, 0.3) is 0 Å². The van der Waals surface area contributed by atoms with Crippen LogP contribution in [0.15, 0.2) is 0 Å². The number of primary amides is 1. The maximum Gasteiger partial charge on any atom is 0.237 e. The molecule has 0 bridgehead atoms. The summed E-state index contributed by atoms with van der Waals surface area (Å²) in [5.74, 6) is 0.383. The second-order valence-electron chi connectivity index (χ2n) is 7.13. The van der Waals surface area contributed by atoms with Crippen molar-refractivity contribution in [2.45, 2.75) is 63.6 Å². The second kappa shape index (κ2) is 7.07. The van der Waals surface area contributed by atoms with E-state index in [0.717, 1.165) is 39.0 Å². The van der Waals surface area contributed by atoms with Crippen LogP contribution >= 0.6 is 0 Å². The zero-order valence-corrected chi connectivity index (χ0v) is 13.7. The highest BCUT2D eigenvalue weighted by Crippen LogP contribution is 2.27. The molecule has 0 aromatic carbocycles. The van der Waals surface area contributed by atoms with Crippen LogP contribution in [0.5, 0.6) is 0 Å². The van der Waals surface area contributed by atoms with E-state index in [4.69, 9.17) is 10.5 Å². The molecule has 1 amide bonds. The first-order valence-corrected chi connectivity index (χ1v) is 8.25. The Labute approximate surface area is 128 Å². The predicted octanol–water partition coefficient (Wildman–Crippen LogP) is 1.12. The minimum absolute atomic E-state index is 0.230. The molecule has 1 saturated heterocycles. The summed E-state index contributed by atoms with van der Waals surface area (Å²) in [5, 5.41) is 3.45. The number of carbonyl (C=O) groups excluding carboxylic acids is 1. The van der Waals surface area contributed by atoms with Crippen molar-refractivity contribution in [1.29, 1.82) is 0 Å². The molecule has 0 aromatic rings. The largest absolute Gasteiger partial charge is 0.384 e. The Hall–Kier alpha value is -0.650. The lowest BCUT2D eigenvalue weighted by Crippen LogP contribution is -2.57. The molecule has 21 heavy (non-hydrogen) atoms. The summed E-state index contributed by atoms with van der Waals surface area (Å²) in [6, 6.07) is 0.839. The first-order valence-electron chi connectivity index (χ1n) is 8.25. The number of rotatable bonds is 8. The third-order valence-corrected chi connectivity index (χ3v) is 4.92. The van der Waals surface area contributed by atoms with E-state index in [0.29, 0.717) is 18.0 Å². The lowest BCUT2D eigenvalue weighted by Gasteiger charge is -2.40. The van der Waals surface area contributed by atoms with Crippen molar-refractivity contribution in [1.82, 2.24) is 10.2 Å². The van der Waals surface area contributed by atoms with Gasteiger partial charge in [0.05, 0.1) is 12.1 Å². The summed E-state index contributed by atoms with van der Waals surface area (Å²) in [6.45, 7) is 7.18. The van der Waals surface area contributed by atoms with Crippen LogP contribution in [0.1, 0.15) is 46.0 Å². The summed E-state index contributed by atoms with van der Waals surface area (Å²) in [7, 11) is 1.77. The van der Waals surface area contributed by atoms with Crippen LogP contribution in [0.4, 0.5) is 0 Å². The Kier molecular flexibility index (Phi) is 5.63. The molecule has 5 nitrogen and oxygen atoms in total. The summed E-state index contributed by atoms with van der Waals surface area (Å²) in [5.41, 5.74) is 5.07. The zero-order valence-electron chi connectivity index (χ0n) is 13.7. The highest BCUT2D eigenvalue weighted by atomic mass is 16.5. The maximum atomic E-state index is 11.9. The van der Waals surface area contributed by atoms with Gasteiger partial charge in [0.1, 0.15) is 0 Å².